The lowest BCUT2D eigenvalue weighted by Gasteiger charge is -2.18. The molecule has 2 aliphatic heterocycles. The van der Waals surface area contributed by atoms with Crippen LogP contribution in [0.2, 0.25) is 0 Å². The van der Waals surface area contributed by atoms with E-state index < -0.39 is 0 Å². The molecule has 2 heteroatoms. The van der Waals surface area contributed by atoms with Gasteiger partial charge in [0.1, 0.15) is 0 Å². The second-order valence-corrected chi connectivity index (χ2v) is 4.05. The van der Waals surface area contributed by atoms with E-state index in [2.05, 4.69) is 13.2 Å². The molecule has 2 nitrogen and oxygen atoms in total. The fourth-order valence-corrected chi connectivity index (χ4v) is 2.27. The van der Waals surface area contributed by atoms with Gasteiger partial charge in [-0.2, -0.15) is 0 Å². The average Bonchev–Trinajstić information content (AvgIpc) is 2.86. The van der Waals surface area contributed by atoms with Crippen molar-refractivity contribution in [1.82, 2.24) is 0 Å². The number of hydrogen-bond acceptors (Lipinski definition) is 2. The summed E-state index contributed by atoms with van der Waals surface area (Å²) < 4.78 is 11.6. The van der Waals surface area contributed by atoms with Gasteiger partial charge in [-0.15, -0.1) is 13.2 Å². The maximum atomic E-state index is 5.81. The topological polar surface area (TPSA) is 18.5 Å². The third-order valence-corrected chi connectivity index (χ3v) is 3.11. The molecule has 0 aromatic rings. The summed E-state index contributed by atoms with van der Waals surface area (Å²) in [5, 5.41) is 0. The van der Waals surface area contributed by atoms with Gasteiger partial charge in [-0.1, -0.05) is 12.2 Å². The van der Waals surface area contributed by atoms with Gasteiger partial charge in [0.25, 0.3) is 0 Å². The molecule has 0 aromatic heterocycles. The molecule has 14 heavy (non-hydrogen) atoms. The zero-order valence-electron chi connectivity index (χ0n) is 8.52. The largest absolute Gasteiger partial charge is 0.368 e. The number of ether oxygens (including phenoxy) is 2. The Kier molecular flexibility index (Phi) is 3.04. The van der Waals surface area contributed by atoms with E-state index in [-0.39, 0.29) is 24.4 Å². The normalized spacial score (nSPS) is 42.6. The summed E-state index contributed by atoms with van der Waals surface area (Å²) in [6.45, 7) is 7.51. The van der Waals surface area contributed by atoms with Crippen molar-refractivity contribution in [2.75, 3.05) is 0 Å². The van der Waals surface area contributed by atoms with Crippen molar-refractivity contribution in [3.63, 3.8) is 0 Å². The Balaban J connectivity index is 1.85. The second-order valence-electron chi connectivity index (χ2n) is 4.05. The maximum absolute atomic E-state index is 5.81. The highest BCUT2D eigenvalue weighted by Crippen LogP contribution is 2.31. The molecule has 0 amide bonds. The van der Waals surface area contributed by atoms with E-state index in [0.717, 1.165) is 25.7 Å². The molecule has 2 heterocycles. The fourth-order valence-electron chi connectivity index (χ4n) is 2.27. The molecule has 2 saturated heterocycles. The predicted molar refractivity (Wildman–Crippen MR) is 56.2 cm³/mol. The molecule has 0 aliphatic carbocycles. The zero-order chi connectivity index (χ0) is 9.97. The van der Waals surface area contributed by atoms with E-state index in [1.807, 2.05) is 12.2 Å². The average molecular weight is 194 g/mol. The predicted octanol–water partition coefficient (Wildman–Crippen LogP) is 2.45. The molecule has 4 atom stereocenters. The number of rotatable bonds is 3. The molecule has 78 valence electrons. The molecule has 2 rings (SSSR count). The monoisotopic (exact) mass is 194 g/mol. The third-order valence-electron chi connectivity index (χ3n) is 3.11. The Bertz CT molecular complexity index is 200. The van der Waals surface area contributed by atoms with Crippen LogP contribution in [0.25, 0.3) is 0 Å². The lowest BCUT2D eigenvalue weighted by atomic mass is 10.1. The molecule has 0 unspecified atom stereocenters. The van der Waals surface area contributed by atoms with Crippen LogP contribution in [0.3, 0.4) is 0 Å². The Morgan fingerprint density at radius 1 is 0.786 bits per heavy atom. The minimum Gasteiger partial charge on any atom is -0.368 e. The van der Waals surface area contributed by atoms with Gasteiger partial charge in [-0.25, -0.2) is 0 Å². The van der Waals surface area contributed by atoms with Gasteiger partial charge < -0.3 is 9.47 Å². The highest BCUT2D eigenvalue weighted by Gasteiger charge is 2.35. The van der Waals surface area contributed by atoms with E-state index in [1.165, 1.54) is 0 Å². The minimum absolute atomic E-state index is 0.242. The SMILES string of the molecule is C=C[C@@H]1CC[C@H]([C@H]2CC[C@H](C=C)O2)O1. The molecule has 2 aliphatic rings. The molecule has 2 fully saturated rings. The molecule has 0 aromatic carbocycles. The zero-order valence-corrected chi connectivity index (χ0v) is 8.52. The first kappa shape index (κ1) is 9.94. The van der Waals surface area contributed by atoms with Gasteiger partial charge in [0, 0.05) is 0 Å². The van der Waals surface area contributed by atoms with Crippen molar-refractivity contribution in [2.24, 2.45) is 0 Å². The van der Waals surface area contributed by atoms with E-state index in [1.54, 1.807) is 0 Å². The van der Waals surface area contributed by atoms with Crippen LogP contribution in [0.1, 0.15) is 25.7 Å². The first-order valence-corrected chi connectivity index (χ1v) is 5.39. The van der Waals surface area contributed by atoms with Crippen molar-refractivity contribution in [3.8, 4) is 0 Å². The van der Waals surface area contributed by atoms with Gasteiger partial charge in [-0.3, -0.25) is 0 Å². The van der Waals surface area contributed by atoms with Crippen LogP contribution in [0.4, 0.5) is 0 Å². The highest BCUT2D eigenvalue weighted by atomic mass is 16.6. The summed E-state index contributed by atoms with van der Waals surface area (Å²) in [6, 6.07) is 0. The first-order valence-electron chi connectivity index (χ1n) is 5.39. The van der Waals surface area contributed by atoms with Gasteiger partial charge in [0.05, 0.1) is 24.4 Å². The van der Waals surface area contributed by atoms with Gasteiger partial charge in [0.15, 0.2) is 0 Å². The number of hydrogen-bond donors (Lipinski definition) is 0. The molecular formula is C12H18O2. The summed E-state index contributed by atoms with van der Waals surface area (Å²) in [7, 11) is 0. The van der Waals surface area contributed by atoms with E-state index >= 15 is 0 Å². The van der Waals surface area contributed by atoms with Gasteiger partial charge in [-0.05, 0) is 25.7 Å². The van der Waals surface area contributed by atoms with Crippen LogP contribution in [0.15, 0.2) is 25.3 Å². The summed E-state index contributed by atoms with van der Waals surface area (Å²) in [4.78, 5) is 0. The van der Waals surface area contributed by atoms with Crippen molar-refractivity contribution in [3.05, 3.63) is 25.3 Å². The minimum atomic E-state index is 0.242. The molecule has 0 radical (unpaired) electrons. The van der Waals surface area contributed by atoms with Crippen molar-refractivity contribution in [1.29, 1.82) is 0 Å². The Morgan fingerprint density at radius 3 is 1.50 bits per heavy atom. The van der Waals surface area contributed by atoms with Crippen molar-refractivity contribution >= 4 is 0 Å². The first-order chi connectivity index (χ1) is 6.83. The highest BCUT2D eigenvalue weighted by molar-refractivity contribution is 4.94. The van der Waals surface area contributed by atoms with Crippen LogP contribution in [-0.4, -0.2) is 24.4 Å². The van der Waals surface area contributed by atoms with Crippen LogP contribution in [0.5, 0.6) is 0 Å². The van der Waals surface area contributed by atoms with Crippen LogP contribution < -0.4 is 0 Å². The van der Waals surface area contributed by atoms with Crippen LogP contribution >= 0.6 is 0 Å². The standard InChI is InChI=1S/C12H18O2/c1-3-9-5-7-11(13-9)12-8-6-10(4-2)14-12/h3-4,9-12H,1-2,5-8H2/t9-,10+,11-,12-/m1/s1. The lowest BCUT2D eigenvalue weighted by molar-refractivity contribution is -0.0465. The fraction of sp³-hybridized carbons (Fsp3) is 0.667. The Morgan fingerprint density at radius 2 is 1.21 bits per heavy atom. The van der Waals surface area contributed by atoms with E-state index in [0.29, 0.717) is 0 Å². The maximum Gasteiger partial charge on any atom is 0.0846 e. The summed E-state index contributed by atoms with van der Waals surface area (Å²) in [6.07, 6.45) is 9.21. The molecule has 0 bridgehead atoms. The van der Waals surface area contributed by atoms with E-state index in [4.69, 9.17) is 9.47 Å². The van der Waals surface area contributed by atoms with Gasteiger partial charge >= 0.3 is 0 Å². The third kappa shape index (κ3) is 1.91. The Hall–Kier alpha value is -0.600. The van der Waals surface area contributed by atoms with Crippen molar-refractivity contribution < 1.29 is 9.47 Å². The smallest absolute Gasteiger partial charge is 0.0846 e. The van der Waals surface area contributed by atoms with Crippen molar-refractivity contribution in [2.45, 2.75) is 50.1 Å². The molecule has 0 spiro atoms. The summed E-state index contributed by atoms with van der Waals surface area (Å²) in [5.74, 6) is 0. The Labute approximate surface area is 85.6 Å². The molecule has 0 saturated carbocycles. The molecule has 0 N–H and O–H groups in total. The quantitative estimate of drug-likeness (QED) is 0.642. The lowest BCUT2D eigenvalue weighted by Crippen LogP contribution is -2.26. The van der Waals surface area contributed by atoms with E-state index in [9.17, 15) is 0 Å². The summed E-state index contributed by atoms with van der Waals surface area (Å²) >= 11 is 0. The van der Waals surface area contributed by atoms with Crippen LogP contribution in [0, 0.1) is 0 Å². The van der Waals surface area contributed by atoms with Crippen LogP contribution in [-0.2, 0) is 9.47 Å². The second kappa shape index (κ2) is 4.28. The summed E-state index contributed by atoms with van der Waals surface area (Å²) in [5.41, 5.74) is 0. The molecular weight excluding hydrogens is 176 g/mol. The van der Waals surface area contributed by atoms with Gasteiger partial charge in [0.2, 0.25) is 0 Å².